The fourth-order valence-electron chi connectivity index (χ4n) is 9.53. The van der Waals surface area contributed by atoms with Crippen LogP contribution in [0.5, 0.6) is 0 Å². The number of aliphatic hydroxyl groups is 3. The molecule has 10 atom stereocenters. The summed E-state index contributed by atoms with van der Waals surface area (Å²) in [5.74, 6) is -4.75. The summed E-state index contributed by atoms with van der Waals surface area (Å²) in [7, 11) is 0. The van der Waals surface area contributed by atoms with Crippen LogP contribution in [0, 0.1) is 16.7 Å². The number of hydrogen-bond acceptors (Lipinski definition) is 13. The smallest absolute Gasteiger partial charge is 0.408 e. The van der Waals surface area contributed by atoms with E-state index in [2.05, 4.69) is 5.32 Å². The number of hydrogen-bond donors (Lipinski definition) is 4. The van der Waals surface area contributed by atoms with E-state index in [9.17, 15) is 39.3 Å². The van der Waals surface area contributed by atoms with E-state index in [1.165, 1.54) is 26.0 Å². The summed E-state index contributed by atoms with van der Waals surface area (Å²) in [6.45, 7) is 12.2. The Morgan fingerprint density at radius 3 is 2.14 bits per heavy atom. The summed E-state index contributed by atoms with van der Waals surface area (Å²) in [6, 6.07) is 15.8. The standard InChI is InChI=1S/C43H53NO13/c1-23-28(54-31(47)19-27(25-15-11-9-12-16-25)44-38(51)57-39(3,4)5)21-43(52)36(55-37(50)26-17-13-10-14-18-26)34-41(8,35(49)33(48)32(23)40(43,6)7)29(46)20-30-42(34,22-53-30)56-24(2)45/h9-18,27-30,33-34,36,46,48,52H,19-22H2,1-8H3,(H,44,51)/t27-,28-,29-,30+,33+,34-,36-,41+,42-,43-/m0/s1. The maximum atomic E-state index is 14.9. The van der Waals surface area contributed by atoms with Gasteiger partial charge < -0.3 is 44.3 Å². The Balaban J connectivity index is 1.47. The van der Waals surface area contributed by atoms with Crippen LogP contribution in [0.4, 0.5) is 4.79 Å². The lowest BCUT2D eigenvalue weighted by Gasteiger charge is -2.67. The molecule has 14 nitrogen and oxygen atoms in total. The number of fused-ring (bicyclic) bond motifs is 5. The summed E-state index contributed by atoms with van der Waals surface area (Å²) < 4.78 is 29.8. The molecule has 0 radical (unpaired) electrons. The van der Waals surface area contributed by atoms with Gasteiger partial charge in [0.1, 0.15) is 35.6 Å². The summed E-state index contributed by atoms with van der Waals surface area (Å²) in [5.41, 5.74) is -7.31. The van der Waals surface area contributed by atoms with Crippen molar-refractivity contribution in [3.63, 3.8) is 0 Å². The van der Waals surface area contributed by atoms with Crippen LogP contribution in [0.3, 0.4) is 0 Å². The van der Waals surface area contributed by atoms with Gasteiger partial charge in [0, 0.05) is 25.2 Å². The zero-order chi connectivity index (χ0) is 41.9. The van der Waals surface area contributed by atoms with Crippen LogP contribution in [0.1, 0.15) is 96.6 Å². The molecule has 2 bridgehead atoms. The minimum atomic E-state index is -2.26. The first-order valence-electron chi connectivity index (χ1n) is 19.2. The number of carbonyl (C=O) groups is 5. The van der Waals surface area contributed by atoms with Crippen molar-refractivity contribution in [1.82, 2.24) is 5.32 Å². The van der Waals surface area contributed by atoms with Crippen LogP contribution in [0.2, 0.25) is 0 Å². The van der Waals surface area contributed by atoms with E-state index in [1.807, 2.05) is 0 Å². The molecule has 2 aromatic carbocycles. The first-order valence-corrected chi connectivity index (χ1v) is 19.2. The Kier molecular flexibility index (Phi) is 11.0. The van der Waals surface area contributed by atoms with Gasteiger partial charge in [-0.2, -0.15) is 0 Å². The van der Waals surface area contributed by atoms with E-state index in [0.29, 0.717) is 5.56 Å². The number of amides is 1. The van der Waals surface area contributed by atoms with Gasteiger partial charge in [0.2, 0.25) is 0 Å². The largest absolute Gasteiger partial charge is 0.458 e. The van der Waals surface area contributed by atoms with E-state index in [0.717, 1.165) is 0 Å². The molecule has 0 aromatic heterocycles. The number of aliphatic hydroxyl groups excluding tert-OH is 2. The molecule has 1 heterocycles. The number of benzene rings is 2. The molecular weight excluding hydrogens is 738 g/mol. The molecule has 57 heavy (non-hydrogen) atoms. The fourth-order valence-corrected chi connectivity index (χ4v) is 9.53. The second-order valence-electron chi connectivity index (χ2n) is 17.5. The molecular formula is C43H53NO13. The van der Waals surface area contributed by atoms with E-state index in [4.69, 9.17) is 23.7 Å². The van der Waals surface area contributed by atoms with Crippen LogP contribution in [-0.4, -0.2) is 99.0 Å². The van der Waals surface area contributed by atoms with Crippen LogP contribution in [0.25, 0.3) is 0 Å². The van der Waals surface area contributed by atoms with Gasteiger partial charge >= 0.3 is 24.0 Å². The van der Waals surface area contributed by atoms with Gasteiger partial charge in [-0.25, -0.2) is 9.59 Å². The first-order chi connectivity index (χ1) is 26.6. The molecule has 1 aliphatic heterocycles. The van der Waals surface area contributed by atoms with Gasteiger partial charge in [0.25, 0.3) is 0 Å². The van der Waals surface area contributed by atoms with Crippen molar-refractivity contribution >= 4 is 29.8 Å². The molecule has 308 valence electrons. The fraction of sp³-hybridized carbons (Fsp3) is 0.558. The quantitative estimate of drug-likeness (QED) is 0.168. The predicted molar refractivity (Wildman–Crippen MR) is 202 cm³/mol. The van der Waals surface area contributed by atoms with E-state index >= 15 is 0 Å². The van der Waals surface area contributed by atoms with Crippen LogP contribution in [0.15, 0.2) is 71.8 Å². The lowest BCUT2D eigenvalue weighted by atomic mass is 9.44. The molecule has 2 aromatic rings. The Hall–Kier alpha value is -4.63. The van der Waals surface area contributed by atoms with Gasteiger partial charge in [0.05, 0.1) is 42.1 Å². The van der Waals surface area contributed by atoms with Crippen molar-refractivity contribution in [3.05, 3.63) is 82.9 Å². The van der Waals surface area contributed by atoms with Crippen molar-refractivity contribution in [2.24, 2.45) is 16.7 Å². The molecule has 3 aliphatic carbocycles. The number of ketones is 1. The number of esters is 3. The van der Waals surface area contributed by atoms with Gasteiger partial charge in [-0.15, -0.1) is 0 Å². The molecule has 0 unspecified atom stereocenters. The Bertz CT molecular complexity index is 1940. The Morgan fingerprint density at radius 1 is 0.965 bits per heavy atom. The second-order valence-corrected chi connectivity index (χ2v) is 17.5. The monoisotopic (exact) mass is 791 g/mol. The number of ether oxygens (including phenoxy) is 5. The third kappa shape index (κ3) is 7.26. The number of rotatable bonds is 8. The summed E-state index contributed by atoms with van der Waals surface area (Å²) >= 11 is 0. The van der Waals surface area contributed by atoms with E-state index < -0.39 is 106 Å². The number of Topliss-reactive ketones (excluding diaryl/α,β-unsaturated/α-hetero) is 1. The molecule has 4 aliphatic rings. The number of alkyl carbamates (subject to hydrolysis) is 1. The highest BCUT2D eigenvalue weighted by atomic mass is 16.6. The van der Waals surface area contributed by atoms with Crippen molar-refractivity contribution < 1.29 is 63.0 Å². The highest BCUT2D eigenvalue weighted by molar-refractivity contribution is 5.94. The molecule has 14 heteroatoms. The maximum Gasteiger partial charge on any atom is 0.408 e. The SMILES string of the molecule is CC(=O)O[C@@]12CO[C@@H]1C[C@H](O)[C@@]1(C)C(=O)[C@H](O)C3=C(C)[C@@H](OC(=O)C[C@H](NC(=O)OC(C)(C)C)c4ccccc4)C[C@](O)([C@@H](OC(=O)c4ccccc4)[C@H]21)C3(C)C. The minimum absolute atomic E-state index is 0.0201. The van der Waals surface area contributed by atoms with Crippen molar-refractivity contribution in [2.75, 3.05) is 6.61 Å². The summed E-state index contributed by atoms with van der Waals surface area (Å²) in [4.78, 5) is 68.8. The molecule has 1 amide bonds. The third-order valence-corrected chi connectivity index (χ3v) is 12.5. The second kappa shape index (κ2) is 14.9. The van der Waals surface area contributed by atoms with Crippen LogP contribution >= 0.6 is 0 Å². The van der Waals surface area contributed by atoms with Crippen LogP contribution < -0.4 is 5.32 Å². The lowest BCUT2D eigenvalue weighted by molar-refractivity contribution is -0.345. The Labute approximate surface area is 331 Å². The number of nitrogens with one attached hydrogen (secondary N) is 1. The number of carbonyl (C=O) groups excluding carboxylic acids is 5. The van der Waals surface area contributed by atoms with Crippen molar-refractivity contribution in [1.29, 1.82) is 0 Å². The Morgan fingerprint density at radius 2 is 1.58 bits per heavy atom. The molecule has 6 rings (SSSR count). The summed E-state index contributed by atoms with van der Waals surface area (Å²) in [6.07, 6.45) is -9.11. The zero-order valence-electron chi connectivity index (χ0n) is 33.6. The third-order valence-electron chi connectivity index (χ3n) is 12.5. The van der Waals surface area contributed by atoms with Crippen molar-refractivity contribution in [2.45, 2.75) is 128 Å². The first kappa shape index (κ1) is 42.0. The molecule has 2 saturated carbocycles. The molecule has 3 fully saturated rings. The van der Waals surface area contributed by atoms with E-state index in [-0.39, 0.29) is 36.2 Å². The normalized spacial score (nSPS) is 33.5. The zero-order valence-corrected chi connectivity index (χ0v) is 33.6. The highest BCUT2D eigenvalue weighted by Crippen LogP contribution is 2.64. The molecule has 0 spiro atoms. The topological polar surface area (TPSA) is 204 Å². The van der Waals surface area contributed by atoms with Gasteiger partial charge in [-0.05, 0) is 63.5 Å². The van der Waals surface area contributed by atoms with Crippen molar-refractivity contribution in [3.8, 4) is 0 Å². The van der Waals surface area contributed by atoms with Gasteiger partial charge in [-0.1, -0.05) is 62.4 Å². The van der Waals surface area contributed by atoms with E-state index in [1.54, 1.807) is 90.1 Å². The average molecular weight is 792 g/mol. The predicted octanol–water partition coefficient (Wildman–Crippen LogP) is 4.29. The maximum absolute atomic E-state index is 14.9. The average Bonchev–Trinajstić information content (AvgIpc) is 3.12. The molecule has 1 saturated heterocycles. The molecule has 4 N–H and O–H groups in total. The van der Waals surface area contributed by atoms with Gasteiger partial charge in [-0.3, -0.25) is 14.4 Å². The van der Waals surface area contributed by atoms with Gasteiger partial charge in [0.15, 0.2) is 11.4 Å². The minimum Gasteiger partial charge on any atom is -0.458 e. The summed E-state index contributed by atoms with van der Waals surface area (Å²) in [5, 5.41) is 40.2. The van der Waals surface area contributed by atoms with Crippen LogP contribution in [-0.2, 0) is 38.1 Å². The lowest BCUT2D eigenvalue weighted by Crippen LogP contribution is -2.81. The highest BCUT2D eigenvalue weighted by Gasteiger charge is 2.78.